The van der Waals surface area contributed by atoms with Crippen molar-refractivity contribution in [3.05, 3.63) is 23.8 Å². The van der Waals surface area contributed by atoms with Gasteiger partial charge in [-0.1, -0.05) is 0 Å². The Balaban J connectivity index is 3.11. The molecule has 0 atom stereocenters. The van der Waals surface area contributed by atoms with E-state index in [1.54, 1.807) is 20.9 Å². The smallest absolute Gasteiger partial charge is 0.335 e. The topological polar surface area (TPSA) is 92.9 Å². The number of ether oxygens (including phenoxy) is 1. The first-order chi connectivity index (χ1) is 8.70. The number of rotatable bonds is 4. The van der Waals surface area contributed by atoms with Gasteiger partial charge < -0.3 is 20.5 Å². The van der Waals surface area contributed by atoms with Gasteiger partial charge in [-0.15, -0.1) is 0 Å². The Morgan fingerprint density at radius 1 is 1.37 bits per heavy atom. The monoisotopic (exact) mass is 266 g/mol. The van der Waals surface area contributed by atoms with E-state index in [9.17, 15) is 9.59 Å². The number of hydrogen-bond acceptors (Lipinski definition) is 4. The first kappa shape index (κ1) is 15.0. The van der Waals surface area contributed by atoms with Gasteiger partial charge in [0.1, 0.15) is 5.60 Å². The number of methoxy groups -OCH3 is 1. The molecule has 1 rings (SSSR count). The summed E-state index contributed by atoms with van der Waals surface area (Å²) in [5.41, 5.74) is 5.55. The largest absolute Gasteiger partial charge is 0.478 e. The molecule has 0 aliphatic carbocycles. The molecule has 0 radical (unpaired) electrons. The molecule has 1 aromatic carbocycles. The number of anilines is 2. The lowest BCUT2D eigenvalue weighted by molar-refractivity contribution is -0.136. The number of nitrogen functional groups attached to an aromatic ring is 1. The van der Waals surface area contributed by atoms with E-state index in [4.69, 9.17) is 15.6 Å². The lowest BCUT2D eigenvalue weighted by Gasteiger charge is -2.28. The van der Waals surface area contributed by atoms with Crippen LogP contribution in [-0.2, 0) is 9.53 Å². The highest BCUT2D eigenvalue weighted by atomic mass is 16.5. The molecule has 0 saturated heterocycles. The van der Waals surface area contributed by atoms with Crippen molar-refractivity contribution >= 4 is 23.3 Å². The van der Waals surface area contributed by atoms with Crippen LogP contribution in [0.3, 0.4) is 0 Å². The summed E-state index contributed by atoms with van der Waals surface area (Å²) in [5.74, 6) is -1.34. The molecule has 1 amide bonds. The van der Waals surface area contributed by atoms with E-state index in [-0.39, 0.29) is 17.2 Å². The van der Waals surface area contributed by atoms with E-state index >= 15 is 0 Å². The lowest BCUT2D eigenvalue weighted by atomic mass is 10.1. The highest BCUT2D eigenvalue weighted by Gasteiger charge is 2.31. The molecule has 6 heteroatoms. The van der Waals surface area contributed by atoms with Gasteiger partial charge in [0.15, 0.2) is 0 Å². The Bertz CT molecular complexity index is 511. The number of carbonyl (C=O) groups is 2. The summed E-state index contributed by atoms with van der Waals surface area (Å²) in [6.07, 6.45) is 0. The van der Waals surface area contributed by atoms with Crippen LogP contribution in [0.4, 0.5) is 11.4 Å². The molecule has 6 nitrogen and oxygen atoms in total. The van der Waals surface area contributed by atoms with Gasteiger partial charge in [0, 0.05) is 14.2 Å². The molecule has 19 heavy (non-hydrogen) atoms. The number of carboxylic acid groups (broad SMARTS) is 1. The third-order valence-electron chi connectivity index (χ3n) is 2.97. The average Bonchev–Trinajstić information content (AvgIpc) is 2.36. The fraction of sp³-hybridized carbons (Fsp3) is 0.385. The Kier molecular flexibility index (Phi) is 4.16. The molecule has 3 N–H and O–H groups in total. The maximum Gasteiger partial charge on any atom is 0.335 e. The number of hydrogen-bond donors (Lipinski definition) is 2. The molecule has 0 fully saturated rings. The highest BCUT2D eigenvalue weighted by Crippen LogP contribution is 2.26. The Labute approximate surface area is 111 Å². The summed E-state index contributed by atoms with van der Waals surface area (Å²) < 4.78 is 5.12. The van der Waals surface area contributed by atoms with Gasteiger partial charge in [-0.2, -0.15) is 0 Å². The van der Waals surface area contributed by atoms with E-state index in [0.717, 1.165) is 0 Å². The first-order valence-electron chi connectivity index (χ1n) is 5.67. The molecule has 0 unspecified atom stereocenters. The van der Waals surface area contributed by atoms with Gasteiger partial charge in [0.05, 0.1) is 16.9 Å². The molecular weight excluding hydrogens is 248 g/mol. The quantitative estimate of drug-likeness (QED) is 0.802. The zero-order valence-electron chi connectivity index (χ0n) is 11.4. The van der Waals surface area contributed by atoms with E-state index in [0.29, 0.717) is 5.69 Å². The van der Waals surface area contributed by atoms with Crippen LogP contribution in [0.25, 0.3) is 0 Å². The van der Waals surface area contributed by atoms with E-state index < -0.39 is 11.6 Å². The van der Waals surface area contributed by atoms with Crippen LogP contribution in [-0.4, -0.2) is 36.7 Å². The van der Waals surface area contributed by atoms with Gasteiger partial charge in [-0.05, 0) is 32.0 Å². The number of carbonyl (C=O) groups excluding carboxylic acids is 1. The Morgan fingerprint density at radius 2 is 1.95 bits per heavy atom. The third-order valence-corrected chi connectivity index (χ3v) is 2.97. The number of likely N-dealkylation sites (N-methyl/N-ethyl adjacent to an activating group) is 1. The van der Waals surface area contributed by atoms with Crippen LogP contribution < -0.4 is 10.6 Å². The van der Waals surface area contributed by atoms with Crippen LogP contribution in [0.15, 0.2) is 18.2 Å². The van der Waals surface area contributed by atoms with Crippen molar-refractivity contribution < 1.29 is 19.4 Å². The number of amides is 1. The first-order valence-corrected chi connectivity index (χ1v) is 5.67. The number of aromatic carboxylic acids is 1. The highest BCUT2D eigenvalue weighted by molar-refractivity contribution is 6.01. The van der Waals surface area contributed by atoms with Gasteiger partial charge in [-0.3, -0.25) is 4.79 Å². The number of benzene rings is 1. The van der Waals surface area contributed by atoms with Gasteiger partial charge >= 0.3 is 5.97 Å². The van der Waals surface area contributed by atoms with Crippen molar-refractivity contribution in [1.82, 2.24) is 0 Å². The van der Waals surface area contributed by atoms with Crippen LogP contribution in [0.5, 0.6) is 0 Å². The van der Waals surface area contributed by atoms with Gasteiger partial charge in [-0.25, -0.2) is 4.79 Å². The van der Waals surface area contributed by atoms with E-state index in [2.05, 4.69) is 0 Å². The second-order valence-electron chi connectivity index (χ2n) is 4.66. The summed E-state index contributed by atoms with van der Waals surface area (Å²) in [5, 5.41) is 8.86. The molecule has 0 bridgehead atoms. The minimum Gasteiger partial charge on any atom is -0.478 e. The number of nitrogens with zero attached hydrogens (tertiary/aromatic N) is 1. The minimum atomic E-state index is -1.07. The normalized spacial score (nSPS) is 11.2. The predicted molar refractivity (Wildman–Crippen MR) is 72.3 cm³/mol. The molecule has 1 aromatic rings. The SMILES string of the molecule is COC(C)(C)C(=O)N(C)c1ccc(C(=O)O)cc1N. The number of nitrogens with two attached hydrogens (primary N) is 1. The molecule has 0 aliphatic heterocycles. The molecule has 0 heterocycles. The zero-order chi connectivity index (χ0) is 14.8. The van der Waals surface area contributed by atoms with Crippen molar-refractivity contribution in [2.75, 3.05) is 24.8 Å². The standard InChI is InChI=1S/C13H18N2O4/c1-13(2,19-4)12(18)15(3)10-6-5-8(11(16)17)7-9(10)14/h5-7H,14H2,1-4H3,(H,16,17). The lowest BCUT2D eigenvalue weighted by Crippen LogP contribution is -2.45. The third kappa shape index (κ3) is 3.03. The van der Waals surface area contributed by atoms with Crippen LogP contribution >= 0.6 is 0 Å². The molecular formula is C13H18N2O4. The van der Waals surface area contributed by atoms with Gasteiger partial charge in [0.25, 0.3) is 5.91 Å². The average molecular weight is 266 g/mol. The van der Waals surface area contributed by atoms with Crippen molar-refractivity contribution in [2.45, 2.75) is 19.4 Å². The van der Waals surface area contributed by atoms with Crippen LogP contribution in [0.1, 0.15) is 24.2 Å². The van der Waals surface area contributed by atoms with Crippen LogP contribution in [0.2, 0.25) is 0 Å². The molecule has 0 aliphatic rings. The van der Waals surface area contributed by atoms with E-state index in [1.807, 2.05) is 0 Å². The van der Waals surface area contributed by atoms with Crippen molar-refractivity contribution in [1.29, 1.82) is 0 Å². The fourth-order valence-corrected chi connectivity index (χ4v) is 1.59. The summed E-state index contributed by atoms with van der Waals surface area (Å²) in [7, 11) is 3.01. The summed E-state index contributed by atoms with van der Waals surface area (Å²) in [4.78, 5) is 24.4. The molecule has 0 saturated carbocycles. The maximum atomic E-state index is 12.2. The summed E-state index contributed by atoms with van der Waals surface area (Å²) in [6.45, 7) is 3.29. The van der Waals surface area contributed by atoms with Crippen LogP contribution in [0, 0.1) is 0 Å². The van der Waals surface area contributed by atoms with Crippen molar-refractivity contribution in [3.8, 4) is 0 Å². The van der Waals surface area contributed by atoms with Crippen molar-refractivity contribution in [3.63, 3.8) is 0 Å². The predicted octanol–water partition coefficient (Wildman–Crippen LogP) is 1.35. The Hall–Kier alpha value is -2.08. The number of carboxylic acids is 1. The zero-order valence-corrected chi connectivity index (χ0v) is 11.4. The Morgan fingerprint density at radius 3 is 2.37 bits per heavy atom. The van der Waals surface area contributed by atoms with Gasteiger partial charge in [0.2, 0.25) is 0 Å². The molecule has 104 valence electrons. The fourth-order valence-electron chi connectivity index (χ4n) is 1.59. The van der Waals surface area contributed by atoms with E-state index in [1.165, 1.54) is 30.2 Å². The maximum absolute atomic E-state index is 12.2. The summed E-state index contributed by atoms with van der Waals surface area (Å²) in [6, 6.07) is 4.22. The molecule has 0 spiro atoms. The second kappa shape index (κ2) is 5.27. The second-order valence-corrected chi connectivity index (χ2v) is 4.66. The summed E-state index contributed by atoms with van der Waals surface area (Å²) >= 11 is 0. The molecule has 0 aromatic heterocycles. The minimum absolute atomic E-state index is 0.0769. The van der Waals surface area contributed by atoms with Crippen molar-refractivity contribution in [2.24, 2.45) is 0 Å².